The van der Waals surface area contributed by atoms with Gasteiger partial charge in [0.15, 0.2) is 5.16 Å². The van der Waals surface area contributed by atoms with Crippen LogP contribution in [-0.4, -0.2) is 63.8 Å². The van der Waals surface area contributed by atoms with E-state index < -0.39 is 37.8 Å². The summed E-state index contributed by atoms with van der Waals surface area (Å²) >= 11 is 7.34. The lowest BCUT2D eigenvalue weighted by Crippen LogP contribution is -2.35. The number of nitrogens with one attached hydrogen (secondary N) is 1. The van der Waals surface area contributed by atoms with Crippen molar-refractivity contribution in [3.8, 4) is 11.4 Å². The molecule has 47 heavy (non-hydrogen) atoms. The molecule has 0 bridgehead atoms. The molecule has 0 saturated heterocycles. The number of hydrogen-bond acceptors (Lipinski definition) is 5. The van der Waals surface area contributed by atoms with E-state index in [-0.39, 0.29) is 25.3 Å². The number of hydrogen-bond donors (Lipinski definition) is 1. The van der Waals surface area contributed by atoms with Gasteiger partial charge in [-0.25, -0.2) is 31.3 Å². The van der Waals surface area contributed by atoms with Gasteiger partial charge in [0, 0.05) is 29.0 Å². The first-order valence-corrected chi connectivity index (χ1v) is 17.5. The van der Waals surface area contributed by atoms with E-state index in [0.717, 1.165) is 52.6 Å². The van der Waals surface area contributed by atoms with Crippen LogP contribution < -0.4 is 9.46 Å². The minimum absolute atomic E-state index is 0. The number of imidazole rings is 1. The monoisotopic (exact) mass is 711 g/mol. The minimum atomic E-state index is -4.10. The third kappa shape index (κ3) is 9.32. The SMILES string of the molecule is C.COc1cc(C(C)(C)c2cnc(SCc3c(F)cc(S(=O)(=O)NCCCC[N+](C)(C)C)cc3F)n2-c2ccc(F)cc2)ccc1Cl. The zero-order valence-electron chi connectivity index (χ0n) is 26.7. The lowest BCUT2D eigenvalue weighted by Gasteiger charge is -2.28. The summed E-state index contributed by atoms with van der Waals surface area (Å²) in [5, 5.41) is 0.862. The van der Waals surface area contributed by atoms with Crippen molar-refractivity contribution in [2.45, 2.75) is 55.3 Å². The molecule has 0 unspecified atom stereocenters. The van der Waals surface area contributed by atoms with Crippen LogP contribution in [0.25, 0.3) is 5.69 Å². The molecule has 4 rings (SSSR count). The highest BCUT2D eigenvalue weighted by molar-refractivity contribution is 7.98. The Balaban J connectivity index is 0.00000600. The van der Waals surface area contributed by atoms with Gasteiger partial charge in [-0.1, -0.05) is 50.7 Å². The van der Waals surface area contributed by atoms with E-state index in [9.17, 15) is 12.8 Å². The van der Waals surface area contributed by atoms with Crippen molar-refractivity contribution in [3.05, 3.63) is 100 Å². The van der Waals surface area contributed by atoms with Crippen LogP contribution >= 0.6 is 23.4 Å². The normalized spacial score (nSPS) is 12.2. The van der Waals surface area contributed by atoms with Crippen LogP contribution in [0.2, 0.25) is 5.02 Å². The summed E-state index contributed by atoms with van der Waals surface area (Å²) in [6.07, 6.45) is 3.06. The number of nitrogens with zero attached hydrogens (tertiary/aromatic N) is 3. The maximum Gasteiger partial charge on any atom is 0.240 e. The topological polar surface area (TPSA) is 73.2 Å². The second kappa shape index (κ2) is 15.5. The number of halogens is 4. The molecule has 256 valence electrons. The first kappa shape index (κ1) is 38.4. The summed E-state index contributed by atoms with van der Waals surface area (Å²) in [5.74, 6) is -2.05. The number of thioether (sulfide) groups is 1. The van der Waals surface area contributed by atoms with Crippen LogP contribution in [0.1, 0.15) is 50.9 Å². The summed E-state index contributed by atoms with van der Waals surface area (Å²) in [6.45, 7) is 5.00. The predicted octanol–water partition coefficient (Wildman–Crippen LogP) is 7.97. The summed E-state index contributed by atoms with van der Waals surface area (Å²) < 4.78 is 80.4. The smallest absolute Gasteiger partial charge is 0.240 e. The number of rotatable bonds is 14. The van der Waals surface area contributed by atoms with E-state index in [0.29, 0.717) is 28.0 Å². The molecule has 1 N–H and O–H groups in total. The zero-order chi connectivity index (χ0) is 33.9. The van der Waals surface area contributed by atoms with Gasteiger partial charge in [-0.2, -0.15) is 0 Å². The molecule has 0 aliphatic rings. The predicted molar refractivity (Wildman–Crippen MR) is 184 cm³/mol. The van der Waals surface area contributed by atoms with E-state index in [1.165, 1.54) is 19.2 Å². The van der Waals surface area contributed by atoms with Crippen molar-refractivity contribution in [1.29, 1.82) is 0 Å². The van der Waals surface area contributed by atoms with Gasteiger partial charge in [0.2, 0.25) is 10.0 Å². The molecule has 7 nitrogen and oxygen atoms in total. The second-order valence-corrected chi connectivity index (χ2v) is 15.6. The Morgan fingerprint density at radius 1 is 1.00 bits per heavy atom. The van der Waals surface area contributed by atoms with Crippen LogP contribution in [0, 0.1) is 17.5 Å². The number of benzene rings is 3. The average molecular weight is 712 g/mol. The Morgan fingerprint density at radius 3 is 2.23 bits per heavy atom. The average Bonchev–Trinajstić information content (AvgIpc) is 3.41. The fourth-order valence-electron chi connectivity index (χ4n) is 4.92. The van der Waals surface area contributed by atoms with E-state index in [1.807, 2.05) is 51.7 Å². The van der Waals surface area contributed by atoms with Crippen molar-refractivity contribution >= 4 is 33.4 Å². The van der Waals surface area contributed by atoms with Crippen LogP contribution in [0.5, 0.6) is 5.75 Å². The Hall–Kier alpha value is -3.03. The zero-order valence-corrected chi connectivity index (χ0v) is 29.1. The van der Waals surface area contributed by atoms with Gasteiger partial charge in [0.25, 0.3) is 0 Å². The fourth-order valence-corrected chi connectivity index (χ4v) is 7.23. The molecule has 13 heteroatoms. The van der Waals surface area contributed by atoms with Gasteiger partial charge >= 0.3 is 0 Å². The molecule has 0 amide bonds. The van der Waals surface area contributed by atoms with Crippen LogP contribution in [-0.2, 0) is 21.2 Å². The molecule has 0 radical (unpaired) electrons. The number of quaternary nitrogens is 1. The van der Waals surface area contributed by atoms with E-state index in [4.69, 9.17) is 16.3 Å². The standard InChI is InChI=1S/C33H39ClF3N4O3S2.CH4/c1-33(2,22-9-14-27(34)30(17-22)44-6)31-20-38-32(40(31)24-12-10-23(35)11-13-24)45-21-26-28(36)18-25(19-29(26)37)46(42,43)39-15-7-8-16-41(3,4)5;/h9-14,17-20,39H,7-8,15-16,21H2,1-6H3;1H4/q+1;. The molecular weight excluding hydrogens is 669 g/mol. The number of sulfonamides is 1. The van der Waals surface area contributed by atoms with Crippen molar-refractivity contribution in [2.24, 2.45) is 0 Å². The van der Waals surface area contributed by atoms with E-state index in [2.05, 4.69) is 9.71 Å². The van der Waals surface area contributed by atoms with Crippen molar-refractivity contribution in [1.82, 2.24) is 14.3 Å². The Kier molecular flexibility index (Phi) is 12.6. The second-order valence-electron chi connectivity index (χ2n) is 12.5. The first-order chi connectivity index (χ1) is 21.5. The Labute approximate surface area is 285 Å². The largest absolute Gasteiger partial charge is 0.495 e. The quantitative estimate of drug-likeness (QED) is 0.0817. The van der Waals surface area contributed by atoms with Crippen LogP contribution in [0.15, 0.2) is 70.8 Å². The van der Waals surface area contributed by atoms with Gasteiger partial charge in [-0.15, -0.1) is 0 Å². The number of unbranched alkanes of at least 4 members (excludes halogenated alkanes) is 1. The van der Waals surface area contributed by atoms with Crippen LogP contribution in [0.4, 0.5) is 13.2 Å². The Bertz CT molecular complexity index is 1770. The number of ether oxygens (including phenoxy) is 1. The summed E-state index contributed by atoms with van der Waals surface area (Å²) in [5.41, 5.74) is 1.23. The maximum atomic E-state index is 15.3. The van der Waals surface area contributed by atoms with E-state index in [1.54, 1.807) is 24.4 Å². The molecule has 1 heterocycles. The lowest BCUT2D eigenvalue weighted by molar-refractivity contribution is -0.870. The molecule has 0 spiro atoms. The summed E-state index contributed by atoms with van der Waals surface area (Å²) in [7, 11) is 3.56. The molecule has 1 aromatic heterocycles. The number of methoxy groups -OCH3 is 1. The highest BCUT2D eigenvalue weighted by atomic mass is 35.5. The highest BCUT2D eigenvalue weighted by Crippen LogP contribution is 2.39. The molecule has 0 aliphatic heterocycles. The van der Waals surface area contributed by atoms with Gasteiger partial charge in [0.05, 0.1) is 56.6 Å². The maximum absolute atomic E-state index is 15.3. The van der Waals surface area contributed by atoms with Gasteiger partial charge in [-0.3, -0.25) is 4.57 Å². The van der Waals surface area contributed by atoms with Crippen LogP contribution in [0.3, 0.4) is 0 Å². The summed E-state index contributed by atoms with van der Waals surface area (Å²) in [6, 6.07) is 13.0. The van der Waals surface area contributed by atoms with Crippen molar-refractivity contribution in [3.63, 3.8) is 0 Å². The summed E-state index contributed by atoms with van der Waals surface area (Å²) in [4.78, 5) is 4.11. The third-order valence-corrected chi connectivity index (χ3v) is 10.4. The molecule has 4 aromatic rings. The lowest BCUT2D eigenvalue weighted by atomic mass is 9.81. The van der Waals surface area contributed by atoms with E-state index >= 15 is 8.78 Å². The molecule has 0 fully saturated rings. The van der Waals surface area contributed by atoms with Crippen molar-refractivity contribution in [2.75, 3.05) is 41.3 Å². The molecule has 3 aromatic carbocycles. The first-order valence-electron chi connectivity index (χ1n) is 14.6. The van der Waals surface area contributed by atoms with Crippen molar-refractivity contribution < 1.29 is 30.8 Å². The molecular formula is C34H43ClF3N4O3S2+. The van der Waals surface area contributed by atoms with Gasteiger partial charge in [0.1, 0.15) is 23.2 Å². The number of aromatic nitrogens is 2. The highest BCUT2D eigenvalue weighted by Gasteiger charge is 2.31. The molecule has 0 aliphatic carbocycles. The molecule has 0 saturated carbocycles. The van der Waals surface area contributed by atoms with Gasteiger partial charge < -0.3 is 9.22 Å². The molecule has 0 atom stereocenters. The Morgan fingerprint density at radius 2 is 1.64 bits per heavy atom. The third-order valence-electron chi connectivity index (χ3n) is 7.65. The fraction of sp³-hybridized carbons (Fsp3) is 0.382. The van der Waals surface area contributed by atoms with Gasteiger partial charge in [-0.05, 0) is 66.9 Å². The minimum Gasteiger partial charge on any atom is -0.495 e.